The molecule has 1 aromatic rings. The second-order valence-electron chi connectivity index (χ2n) is 2.37. The standard InChI is InChI=1S/C8H10O3/c1-6-2-4-7(5-3-6)8(9)11-10/h2-5,8-10H,1H3. The van der Waals surface area contributed by atoms with Crippen molar-refractivity contribution >= 4 is 0 Å². The van der Waals surface area contributed by atoms with Crippen LogP contribution in [0.1, 0.15) is 17.4 Å². The number of benzene rings is 1. The lowest BCUT2D eigenvalue weighted by molar-refractivity contribution is -0.339. The summed E-state index contributed by atoms with van der Waals surface area (Å²) in [5.41, 5.74) is 1.64. The number of aliphatic hydroxyl groups is 1. The minimum atomic E-state index is -1.24. The molecule has 1 rings (SSSR count). The molecule has 0 radical (unpaired) electrons. The smallest absolute Gasteiger partial charge is 0.214 e. The van der Waals surface area contributed by atoms with Crippen LogP contribution >= 0.6 is 0 Å². The van der Waals surface area contributed by atoms with Crippen LogP contribution < -0.4 is 0 Å². The van der Waals surface area contributed by atoms with Crippen LogP contribution in [0, 0.1) is 6.92 Å². The highest BCUT2D eigenvalue weighted by Gasteiger charge is 2.04. The molecule has 1 unspecified atom stereocenters. The van der Waals surface area contributed by atoms with Gasteiger partial charge in [-0.1, -0.05) is 29.8 Å². The van der Waals surface area contributed by atoms with Crippen molar-refractivity contribution in [1.82, 2.24) is 0 Å². The summed E-state index contributed by atoms with van der Waals surface area (Å²) in [6.45, 7) is 1.94. The highest BCUT2D eigenvalue weighted by Crippen LogP contribution is 2.12. The van der Waals surface area contributed by atoms with Gasteiger partial charge in [-0.3, -0.25) is 0 Å². The van der Waals surface area contributed by atoms with Gasteiger partial charge in [0.05, 0.1) is 0 Å². The van der Waals surface area contributed by atoms with Crippen LogP contribution in [0.5, 0.6) is 0 Å². The van der Waals surface area contributed by atoms with Crippen LogP contribution in [0.25, 0.3) is 0 Å². The minimum absolute atomic E-state index is 0.540. The first-order valence-corrected chi connectivity index (χ1v) is 3.29. The Morgan fingerprint density at radius 3 is 2.27 bits per heavy atom. The third-order valence-corrected chi connectivity index (χ3v) is 1.46. The summed E-state index contributed by atoms with van der Waals surface area (Å²) in [7, 11) is 0. The van der Waals surface area contributed by atoms with E-state index in [1.165, 1.54) is 0 Å². The fourth-order valence-corrected chi connectivity index (χ4v) is 0.792. The lowest BCUT2D eigenvalue weighted by atomic mass is 10.1. The van der Waals surface area contributed by atoms with Crippen molar-refractivity contribution < 1.29 is 15.3 Å². The molecule has 0 fully saturated rings. The quantitative estimate of drug-likeness (QED) is 0.385. The van der Waals surface area contributed by atoms with Gasteiger partial charge in [0.2, 0.25) is 6.29 Å². The zero-order valence-electron chi connectivity index (χ0n) is 6.19. The number of aliphatic hydroxyl groups excluding tert-OH is 1. The van der Waals surface area contributed by atoms with E-state index in [0.717, 1.165) is 5.56 Å². The number of aryl methyl sites for hydroxylation is 1. The zero-order chi connectivity index (χ0) is 8.27. The maximum absolute atomic E-state index is 8.95. The van der Waals surface area contributed by atoms with Crippen molar-refractivity contribution in [1.29, 1.82) is 0 Å². The van der Waals surface area contributed by atoms with Crippen LogP contribution in [0.15, 0.2) is 24.3 Å². The second kappa shape index (κ2) is 3.48. The molecule has 0 spiro atoms. The Hall–Kier alpha value is -0.900. The molecule has 11 heavy (non-hydrogen) atoms. The molecule has 3 nitrogen and oxygen atoms in total. The van der Waals surface area contributed by atoms with E-state index < -0.39 is 6.29 Å². The van der Waals surface area contributed by atoms with Gasteiger partial charge in [-0.15, -0.1) is 0 Å². The number of rotatable bonds is 2. The highest BCUT2D eigenvalue weighted by atomic mass is 17.1. The Bertz CT molecular complexity index is 217. The van der Waals surface area contributed by atoms with E-state index in [1.807, 2.05) is 19.1 Å². The molecular formula is C8H10O3. The predicted molar refractivity (Wildman–Crippen MR) is 39.9 cm³/mol. The molecule has 1 atom stereocenters. The number of hydrogen-bond acceptors (Lipinski definition) is 3. The SMILES string of the molecule is Cc1ccc(C(O)OO)cc1. The van der Waals surface area contributed by atoms with Gasteiger partial charge in [-0.2, -0.15) is 0 Å². The largest absolute Gasteiger partial charge is 0.362 e. The molecule has 0 aromatic heterocycles. The van der Waals surface area contributed by atoms with Gasteiger partial charge in [0.25, 0.3) is 0 Å². The summed E-state index contributed by atoms with van der Waals surface area (Å²) in [6, 6.07) is 7.04. The molecular weight excluding hydrogens is 144 g/mol. The molecule has 0 saturated carbocycles. The lowest BCUT2D eigenvalue weighted by Crippen LogP contribution is -1.98. The Labute approximate surface area is 64.8 Å². The molecule has 60 valence electrons. The highest BCUT2D eigenvalue weighted by molar-refractivity contribution is 5.21. The van der Waals surface area contributed by atoms with Gasteiger partial charge < -0.3 is 5.11 Å². The third-order valence-electron chi connectivity index (χ3n) is 1.46. The normalized spacial score (nSPS) is 13.0. The van der Waals surface area contributed by atoms with Crippen molar-refractivity contribution in [2.24, 2.45) is 0 Å². The van der Waals surface area contributed by atoms with E-state index in [4.69, 9.17) is 10.4 Å². The van der Waals surface area contributed by atoms with Crippen molar-refractivity contribution in [2.45, 2.75) is 13.2 Å². The fourth-order valence-electron chi connectivity index (χ4n) is 0.792. The van der Waals surface area contributed by atoms with E-state index in [0.29, 0.717) is 5.56 Å². The van der Waals surface area contributed by atoms with E-state index >= 15 is 0 Å². The first-order chi connectivity index (χ1) is 5.24. The fraction of sp³-hybridized carbons (Fsp3) is 0.250. The van der Waals surface area contributed by atoms with E-state index in [1.54, 1.807) is 12.1 Å². The van der Waals surface area contributed by atoms with Crippen LogP contribution in [0.4, 0.5) is 0 Å². The van der Waals surface area contributed by atoms with Gasteiger partial charge in [0, 0.05) is 5.56 Å². The summed E-state index contributed by atoms with van der Waals surface area (Å²) in [5.74, 6) is 0. The molecule has 1 aromatic carbocycles. The van der Waals surface area contributed by atoms with E-state index in [-0.39, 0.29) is 0 Å². The summed E-state index contributed by atoms with van der Waals surface area (Å²) in [6.07, 6.45) is -1.24. The molecule has 0 amide bonds. The topological polar surface area (TPSA) is 49.7 Å². The Balaban J connectivity index is 2.81. The zero-order valence-corrected chi connectivity index (χ0v) is 6.19. The molecule has 0 heterocycles. The van der Waals surface area contributed by atoms with Crippen LogP contribution in [0.2, 0.25) is 0 Å². The Morgan fingerprint density at radius 2 is 1.82 bits per heavy atom. The van der Waals surface area contributed by atoms with Gasteiger partial charge in [0.1, 0.15) is 0 Å². The minimum Gasteiger partial charge on any atom is -0.362 e. The number of hydrogen-bond donors (Lipinski definition) is 2. The average molecular weight is 154 g/mol. The molecule has 3 heteroatoms. The van der Waals surface area contributed by atoms with Crippen LogP contribution in [0.3, 0.4) is 0 Å². The van der Waals surface area contributed by atoms with Gasteiger partial charge in [-0.25, -0.2) is 10.1 Å². The maximum atomic E-state index is 8.95. The summed E-state index contributed by atoms with van der Waals surface area (Å²) < 4.78 is 0. The van der Waals surface area contributed by atoms with Crippen molar-refractivity contribution in [3.05, 3.63) is 35.4 Å². The molecule has 0 saturated heterocycles. The van der Waals surface area contributed by atoms with Crippen molar-refractivity contribution in [3.8, 4) is 0 Å². The average Bonchev–Trinajstić information content (AvgIpc) is 2.05. The molecule has 0 aliphatic rings. The molecule has 2 N–H and O–H groups in total. The Kier molecular flexibility index (Phi) is 2.59. The second-order valence-corrected chi connectivity index (χ2v) is 2.37. The maximum Gasteiger partial charge on any atom is 0.214 e. The summed E-state index contributed by atoms with van der Waals surface area (Å²) in [5, 5.41) is 17.1. The third kappa shape index (κ3) is 2.01. The van der Waals surface area contributed by atoms with Crippen molar-refractivity contribution in [3.63, 3.8) is 0 Å². The molecule has 0 aliphatic carbocycles. The van der Waals surface area contributed by atoms with Crippen LogP contribution in [-0.4, -0.2) is 10.4 Å². The predicted octanol–water partition coefficient (Wildman–Crippen LogP) is 1.48. The van der Waals surface area contributed by atoms with E-state index in [2.05, 4.69) is 4.89 Å². The summed E-state index contributed by atoms with van der Waals surface area (Å²) in [4.78, 5) is 3.73. The molecule has 0 aliphatic heterocycles. The van der Waals surface area contributed by atoms with Gasteiger partial charge >= 0.3 is 0 Å². The molecule has 0 bridgehead atoms. The monoisotopic (exact) mass is 154 g/mol. The van der Waals surface area contributed by atoms with Crippen LogP contribution in [-0.2, 0) is 4.89 Å². The van der Waals surface area contributed by atoms with E-state index in [9.17, 15) is 0 Å². The summed E-state index contributed by atoms with van der Waals surface area (Å²) >= 11 is 0. The van der Waals surface area contributed by atoms with Gasteiger partial charge in [0.15, 0.2) is 0 Å². The first kappa shape index (κ1) is 8.20. The van der Waals surface area contributed by atoms with Gasteiger partial charge in [-0.05, 0) is 6.92 Å². The lowest BCUT2D eigenvalue weighted by Gasteiger charge is -2.05. The van der Waals surface area contributed by atoms with Crippen molar-refractivity contribution in [2.75, 3.05) is 0 Å². The Morgan fingerprint density at radius 1 is 1.27 bits per heavy atom. The first-order valence-electron chi connectivity index (χ1n) is 3.29.